The number of phenolic OH excluding ortho intramolecular Hbond substituents is 1. The van der Waals surface area contributed by atoms with E-state index in [9.17, 15) is 9.90 Å². The van der Waals surface area contributed by atoms with Gasteiger partial charge < -0.3 is 14.8 Å². The Bertz CT molecular complexity index is 908. The Hall–Kier alpha value is -2.80. The zero-order valence-corrected chi connectivity index (χ0v) is 14.6. The Morgan fingerprint density at radius 1 is 1.20 bits per heavy atom. The average molecular weight is 355 g/mol. The molecule has 128 valence electrons. The minimum absolute atomic E-state index is 0.0652. The molecule has 3 rings (SSSR count). The van der Waals surface area contributed by atoms with Crippen molar-refractivity contribution in [3.8, 4) is 17.2 Å². The van der Waals surface area contributed by atoms with E-state index in [0.717, 1.165) is 28.6 Å². The molecule has 1 heterocycles. The van der Waals surface area contributed by atoms with Gasteiger partial charge in [-0.2, -0.15) is 0 Å². The molecule has 0 bridgehead atoms. The minimum atomic E-state index is -0.152. The molecule has 25 heavy (non-hydrogen) atoms. The second-order valence-corrected chi connectivity index (χ2v) is 6.47. The predicted molar refractivity (Wildman–Crippen MR) is 96.7 cm³/mol. The fourth-order valence-electron chi connectivity index (χ4n) is 2.22. The van der Waals surface area contributed by atoms with Crippen molar-refractivity contribution in [2.75, 3.05) is 11.1 Å². The van der Waals surface area contributed by atoms with E-state index >= 15 is 0 Å². The molecule has 0 saturated heterocycles. The van der Waals surface area contributed by atoms with E-state index in [-0.39, 0.29) is 28.5 Å². The number of phenols is 1. The molecule has 3 aromatic rings. The number of nitrogens with zero attached hydrogens (tertiary/aromatic N) is 2. The maximum Gasteiger partial charge on any atom is 0.277 e. The van der Waals surface area contributed by atoms with Gasteiger partial charge in [0.1, 0.15) is 5.75 Å². The highest BCUT2D eigenvalue weighted by Crippen LogP contribution is 2.29. The molecule has 0 aliphatic carbocycles. The summed E-state index contributed by atoms with van der Waals surface area (Å²) < 4.78 is 5.49. The maximum atomic E-state index is 12.1. The first kappa shape index (κ1) is 17.0. The number of amides is 1. The molecule has 0 aliphatic rings. The predicted octanol–water partition coefficient (Wildman–Crippen LogP) is 3.79. The summed E-state index contributed by atoms with van der Waals surface area (Å²) >= 11 is 1.15. The number of hydrogen-bond acceptors (Lipinski definition) is 6. The van der Waals surface area contributed by atoms with Crippen molar-refractivity contribution in [3.63, 3.8) is 0 Å². The van der Waals surface area contributed by atoms with Gasteiger partial charge in [-0.15, -0.1) is 10.2 Å². The zero-order chi connectivity index (χ0) is 17.8. The quantitative estimate of drug-likeness (QED) is 0.677. The molecule has 7 heteroatoms. The van der Waals surface area contributed by atoms with Crippen molar-refractivity contribution in [3.05, 3.63) is 53.6 Å². The van der Waals surface area contributed by atoms with Crippen molar-refractivity contribution < 1.29 is 14.3 Å². The number of carbonyl (C=O) groups is 1. The number of carbonyl (C=O) groups excluding carboxylic acids is 1. The number of rotatable bonds is 5. The van der Waals surface area contributed by atoms with E-state index in [1.807, 2.05) is 32.0 Å². The number of aromatic hydroxyl groups is 1. The summed E-state index contributed by atoms with van der Waals surface area (Å²) in [5.41, 5.74) is 3.34. The van der Waals surface area contributed by atoms with Gasteiger partial charge in [0.2, 0.25) is 5.91 Å². The third-order valence-electron chi connectivity index (χ3n) is 3.53. The van der Waals surface area contributed by atoms with E-state index in [0.29, 0.717) is 5.56 Å². The lowest BCUT2D eigenvalue weighted by atomic mass is 10.1. The van der Waals surface area contributed by atoms with Crippen LogP contribution < -0.4 is 5.32 Å². The number of nitrogens with one attached hydrogen (secondary N) is 1. The zero-order valence-electron chi connectivity index (χ0n) is 13.8. The smallest absolute Gasteiger partial charge is 0.277 e. The molecule has 0 fully saturated rings. The van der Waals surface area contributed by atoms with Crippen LogP contribution in [0.3, 0.4) is 0 Å². The molecule has 2 aromatic carbocycles. The van der Waals surface area contributed by atoms with Crippen molar-refractivity contribution >= 4 is 23.4 Å². The Morgan fingerprint density at radius 3 is 2.80 bits per heavy atom. The van der Waals surface area contributed by atoms with Gasteiger partial charge in [0.05, 0.1) is 11.3 Å². The molecule has 1 amide bonds. The topological polar surface area (TPSA) is 88.2 Å². The highest BCUT2D eigenvalue weighted by Gasteiger charge is 2.14. The van der Waals surface area contributed by atoms with Crippen molar-refractivity contribution in [2.24, 2.45) is 0 Å². The van der Waals surface area contributed by atoms with Crippen LogP contribution in [0.15, 0.2) is 52.1 Å². The molecule has 0 atom stereocenters. The van der Waals surface area contributed by atoms with Crippen LogP contribution in [0.4, 0.5) is 5.69 Å². The summed E-state index contributed by atoms with van der Waals surface area (Å²) in [4.78, 5) is 12.1. The third kappa shape index (κ3) is 4.19. The fraction of sp³-hybridized carbons (Fsp3) is 0.167. The number of para-hydroxylation sites is 1. The summed E-state index contributed by atoms with van der Waals surface area (Å²) in [6, 6.07) is 12.6. The second kappa shape index (κ2) is 7.40. The molecule has 2 N–H and O–H groups in total. The normalized spacial score (nSPS) is 10.6. The molecule has 0 unspecified atom stereocenters. The number of anilines is 1. The standard InChI is InChI=1S/C18H17N3O3S/c1-11-7-8-12(2)14(9-11)19-16(23)10-25-18-21-20-17(24-18)13-5-3-4-6-15(13)22/h3-9,22H,10H2,1-2H3,(H,19,23). The molecule has 0 radical (unpaired) electrons. The number of aryl methyl sites for hydroxylation is 2. The number of benzene rings is 2. The summed E-state index contributed by atoms with van der Waals surface area (Å²) in [6.07, 6.45) is 0. The molecular formula is C18H17N3O3S. The number of thioether (sulfide) groups is 1. The summed E-state index contributed by atoms with van der Waals surface area (Å²) in [5.74, 6) is 0.280. The van der Waals surface area contributed by atoms with Crippen molar-refractivity contribution in [1.82, 2.24) is 10.2 Å². The van der Waals surface area contributed by atoms with Crippen LogP contribution in [-0.2, 0) is 4.79 Å². The van der Waals surface area contributed by atoms with Crippen molar-refractivity contribution in [2.45, 2.75) is 19.1 Å². The molecule has 6 nitrogen and oxygen atoms in total. The van der Waals surface area contributed by atoms with E-state index < -0.39 is 0 Å². The summed E-state index contributed by atoms with van der Waals surface area (Å²) in [5, 5.41) is 20.8. The van der Waals surface area contributed by atoms with E-state index in [1.54, 1.807) is 24.3 Å². The van der Waals surface area contributed by atoms with Gasteiger partial charge in [-0.05, 0) is 43.2 Å². The minimum Gasteiger partial charge on any atom is -0.507 e. The Morgan fingerprint density at radius 2 is 2.00 bits per heavy atom. The van der Waals surface area contributed by atoms with Gasteiger partial charge in [-0.25, -0.2) is 0 Å². The van der Waals surface area contributed by atoms with Gasteiger partial charge in [0.25, 0.3) is 11.1 Å². The second-order valence-electron chi connectivity index (χ2n) is 5.55. The van der Waals surface area contributed by atoms with Crippen LogP contribution in [0.1, 0.15) is 11.1 Å². The van der Waals surface area contributed by atoms with Crippen LogP contribution in [0.25, 0.3) is 11.5 Å². The molecule has 0 spiro atoms. The van der Waals surface area contributed by atoms with E-state index in [1.165, 1.54) is 0 Å². The van der Waals surface area contributed by atoms with Gasteiger partial charge in [0, 0.05) is 5.69 Å². The van der Waals surface area contributed by atoms with Crippen LogP contribution in [0.5, 0.6) is 5.75 Å². The van der Waals surface area contributed by atoms with Crippen molar-refractivity contribution in [1.29, 1.82) is 0 Å². The lowest BCUT2D eigenvalue weighted by Gasteiger charge is -2.08. The van der Waals surface area contributed by atoms with E-state index in [4.69, 9.17) is 4.42 Å². The Labute approximate surface area is 149 Å². The number of aromatic nitrogens is 2. The third-order valence-corrected chi connectivity index (χ3v) is 4.35. The summed E-state index contributed by atoms with van der Waals surface area (Å²) in [7, 11) is 0. The first-order valence-corrected chi connectivity index (χ1v) is 8.63. The first-order valence-electron chi connectivity index (χ1n) is 7.64. The molecule has 0 saturated carbocycles. The largest absolute Gasteiger partial charge is 0.507 e. The van der Waals surface area contributed by atoms with Gasteiger partial charge in [-0.1, -0.05) is 36.0 Å². The van der Waals surface area contributed by atoms with Crippen LogP contribution >= 0.6 is 11.8 Å². The van der Waals surface area contributed by atoms with E-state index in [2.05, 4.69) is 15.5 Å². The SMILES string of the molecule is Cc1ccc(C)c(NC(=O)CSc2nnc(-c3ccccc3O)o2)c1. The van der Waals surface area contributed by atoms with Gasteiger partial charge >= 0.3 is 0 Å². The number of hydrogen-bond donors (Lipinski definition) is 2. The average Bonchev–Trinajstić information content (AvgIpc) is 3.05. The Balaban J connectivity index is 1.61. The Kier molecular flexibility index (Phi) is 5.04. The van der Waals surface area contributed by atoms with Gasteiger partial charge in [-0.3, -0.25) is 4.79 Å². The molecular weight excluding hydrogens is 338 g/mol. The van der Waals surface area contributed by atoms with Crippen LogP contribution in [0.2, 0.25) is 0 Å². The maximum absolute atomic E-state index is 12.1. The fourth-order valence-corrected chi connectivity index (χ4v) is 2.78. The first-order chi connectivity index (χ1) is 12.0. The highest BCUT2D eigenvalue weighted by atomic mass is 32.2. The van der Waals surface area contributed by atoms with Crippen LogP contribution in [-0.4, -0.2) is 27.0 Å². The molecule has 1 aromatic heterocycles. The molecule has 0 aliphatic heterocycles. The van der Waals surface area contributed by atoms with Gasteiger partial charge in [0.15, 0.2) is 0 Å². The highest BCUT2D eigenvalue weighted by molar-refractivity contribution is 7.99. The lowest BCUT2D eigenvalue weighted by molar-refractivity contribution is -0.113. The van der Waals surface area contributed by atoms with Crippen LogP contribution in [0, 0.1) is 13.8 Å². The lowest BCUT2D eigenvalue weighted by Crippen LogP contribution is -2.14. The summed E-state index contributed by atoms with van der Waals surface area (Å²) in [6.45, 7) is 3.92. The monoisotopic (exact) mass is 355 g/mol.